The van der Waals surface area contributed by atoms with Gasteiger partial charge in [-0.25, -0.2) is 13.4 Å². The van der Waals surface area contributed by atoms with Crippen molar-refractivity contribution in [2.45, 2.75) is 13.0 Å². The molecule has 0 aliphatic carbocycles. The molecule has 1 unspecified atom stereocenters. The van der Waals surface area contributed by atoms with Crippen molar-refractivity contribution in [3.8, 4) is 17.0 Å². The highest BCUT2D eigenvalue weighted by Crippen LogP contribution is 2.37. The van der Waals surface area contributed by atoms with Gasteiger partial charge in [0.1, 0.15) is 5.75 Å². The first-order valence-electron chi connectivity index (χ1n) is 10.6. The summed E-state index contributed by atoms with van der Waals surface area (Å²) in [5, 5.41) is 1.84. The van der Waals surface area contributed by atoms with Crippen molar-refractivity contribution in [2.24, 2.45) is 0 Å². The lowest BCUT2D eigenvalue weighted by atomic mass is 10.1. The summed E-state index contributed by atoms with van der Waals surface area (Å²) in [7, 11) is -2.22. The molecule has 3 amide bonds. The number of nitrogens with zero attached hydrogens (tertiary/aromatic N) is 3. The zero-order valence-corrected chi connectivity index (χ0v) is 20.4. The molecule has 35 heavy (non-hydrogen) atoms. The fraction of sp³-hybridized carbons (Fsp3) is 0.217. The van der Waals surface area contributed by atoms with Gasteiger partial charge in [-0.1, -0.05) is 12.1 Å². The minimum absolute atomic E-state index is 0.148. The Hall–Kier alpha value is -3.77. The van der Waals surface area contributed by atoms with Crippen molar-refractivity contribution < 1.29 is 27.5 Å². The van der Waals surface area contributed by atoms with Gasteiger partial charge in [-0.2, -0.15) is 0 Å². The molecule has 0 radical (unpaired) electrons. The van der Waals surface area contributed by atoms with Crippen molar-refractivity contribution in [3.05, 3.63) is 59.0 Å². The maximum absolute atomic E-state index is 12.6. The van der Waals surface area contributed by atoms with Gasteiger partial charge in [-0.05, 0) is 37.3 Å². The molecule has 2 aliphatic heterocycles. The molecule has 3 heterocycles. The first kappa shape index (κ1) is 23.0. The van der Waals surface area contributed by atoms with E-state index in [1.165, 1.54) is 4.90 Å². The van der Waals surface area contributed by atoms with E-state index in [1.807, 2.05) is 0 Å². The summed E-state index contributed by atoms with van der Waals surface area (Å²) in [6.45, 7) is 1.41. The Balaban J connectivity index is 1.27. The van der Waals surface area contributed by atoms with Crippen molar-refractivity contribution >= 4 is 49.9 Å². The van der Waals surface area contributed by atoms with E-state index >= 15 is 0 Å². The van der Waals surface area contributed by atoms with Crippen molar-refractivity contribution in [1.82, 2.24) is 9.88 Å². The number of benzene rings is 2. The van der Waals surface area contributed by atoms with E-state index in [0.717, 1.165) is 16.2 Å². The van der Waals surface area contributed by atoms with Gasteiger partial charge in [0.2, 0.25) is 10.0 Å². The largest absolute Gasteiger partial charge is 0.479 e. The van der Waals surface area contributed by atoms with E-state index in [4.69, 9.17) is 4.74 Å². The molecule has 2 aliphatic rings. The fourth-order valence-electron chi connectivity index (χ4n) is 3.96. The topological polar surface area (TPSA) is 126 Å². The predicted molar refractivity (Wildman–Crippen MR) is 130 cm³/mol. The van der Waals surface area contributed by atoms with E-state index in [0.29, 0.717) is 22.7 Å². The van der Waals surface area contributed by atoms with Gasteiger partial charge < -0.3 is 9.64 Å². The Bertz CT molecular complexity index is 1450. The van der Waals surface area contributed by atoms with Crippen LogP contribution in [-0.4, -0.2) is 61.5 Å². The van der Waals surface area contributed by atoms with Gasteiger partial charge in [0, 0.05) is 24.5 Å². The Morgan fingerprint density at radius 1 is 1.09 bits per heavy atom. The number of rotatable bonds is 6. The molecule has 0 saturated heterocycles. The number of nitrogens with one attached hydrogen (secondary N) is 1. The summed E-state index contributed by atoms with van der Waals surface area (Å²) in [6.07, 6.45) is -0.570. The summed E-state index contributed by atoms with van der Waals surface area (Å²) >= 11 is 1.10. The maximum Gasteiger partial charge on any atom is 0.267 e. The predicted octanol–water partition coefficient (Wildman–Crippen LogP) is 2.59. The first-order valence-corrected chi connectivity index (χ1v) is 13.2. The van der Waals surface area contributed by atoms with Crippen LogP contribution in [0, 0.1) is 0 Å². The summed E-state index contributed by atoms with van der Waals surface area (Å²) in [4.78, 5) is 43.9. The van der Waals surface area contributed by atoms with Gasteiger partial charge in [-0.15, -0.1) is 11.3 Å². The molecule has 0 spiro atoms. The number of carbonyl (C=O) groups is 3. The molecule has 180 valence electrons. The van der Waals surface area contributed by atoms with Crippen LogP contribution in [0.2, 0.25) is 0 Å². The molecule has 12 heteroatoms. The van der Waals surface area contributed by atoms with Gasteiger partial charge in [-0.3, -0.25) is 24.0 Å². The van der Waals surface area contributed by atoms with Gasteiger partial charge in [0.05, 0.1) is 28.3 Å². The number of sulfonamides is 1. The van der Waals surface area contributed by atoms with Gasteiger partial charge in [0.15, 0.2) is 11.2 Å². The van der Waals surface area contributed by atoms with Crippen LogP contribution in [0.1, 0.15) is 27.6 Å². The standard InChI is InChI=1S/C23H20N4O6S2/c1-13-20(28)26(2)18-11-14(7-8-19(18)33-13)17-12-34-23(24-17)25-35(31,32)10-9-27-21(29)15-5-3-4-6-16(15)22(27)30/h3-8,11-13H,9-10H2,1-2H3,(H,24,25). The van der Waals surface area contributed by atoms with Crippen molar-refractivity contribution in [3.63, 3.8) is 0 Å². The van der Waals surface area contributed by atoms with E-state index in [1.54, 1.807) is 61.8 Å². The summed E-state index contributed by atoms with van der Waals surface area (Å²) in [6, 6.07) is 11.7. The smallest absolute Gasteiger partial charge is 0.267 e. The number of carbonyl (C=O) groups excluding carboxylic acids is 3. The summed E-state index contributed by atoms with van der Waals surface area (Å²) in [5.74, 6) is -1.07. The van der Waals surface area contributed by atoms with Gasteiger partial charge in [0.25, 0.3) is 17.7 Å². The van der Waals surface area contributed by atoms with E-state index in [-0.39, 0.29) is 28.7 Å². The van der Waals surface area contributed by atoms with Crippen molar-refractivity contribution in [2.75, 3.05) is 29.0 Å². The summed E-state index contributed by atoms with van der Waals surface area (Å²) < 4.78 is 33.3. The van der Waals surface area contributed by atoms with Crippen LogP contribution < -0.4 is 14.4 Å². The fourth-order valence-corrected chi connectivity index (χ4v) is 5.93. The molecule has 1 atom stereocenters. The van der Waals surface area contributed by atoms with Gasteiger partial charge >= 0.3 is 0 Å². The lowest BCUT2D eigenvalue weighted by molar-refractivity contribution is -0.125. The van der Waals surface area contributed by atoms with Crippen LogP contribution >= 0.6 is 11.3 Å². The molecule has 5 rings (SSSR count). The quantitative estimate of drug-likeness (QED) is 0.503. The van der Waals surface area contributed by atoms with Crippen LogP contribution in [0.4, 0.5) is 10.8 Å². The molecule has 2 aromatic carbocycles. The number of likely N-dealkylation sites (N-methyl/N-ethyl adjacent to an activating group) is 1. The Morgan fingerprint density at radius 2 is 1.77 bits per heavy atom. The average molecular weight is 513 g/mol. The number of imide groups is 1. The maximum atomic E-state index is 12.6. The summed E-state index contributed by atoms with van der Waals surface area (Å²) in [5.41, 5.74) is 2.35. The monoisotopic (exact) mass is 512 g/mol. The zero-order chi connectivity index (χ0) is 24.9. The number of hydrogen-bond donors (Lipinski definition) is 1. The van der Waals surface area contributed by atoms with E-state index in [2.05, 4.69) is 9.71 Å². The lowest BCUT2D eigenvalue weighted by Gasteiger charge is -2.30. The number of amides is 3. The second kappa shape index (κ2) is 8.47. The molecule has 0 bridgehead atoms. The second-order valence-electron chi connectivity index (χ2n) is 8.11. The minimum Gasteiger partial charge on any atom is -0.479 e. The number of fused-ring (bicyclic) bond motifs is 2. The molecule has 1 N–H and O–H groups in total. The molecular weight excluding hydrogens is 492 g/mol. The highest BCUT2D eigenvalue weighted by atomic mass is 32.2. The molecule has 0 saturated carbocycles. The van der Waals surface area contributed by atoms with Crippen LogP contribution in [0.5, 0.6) is 5.75 Å². The molecule has 1 aromatic heterocycles. The third kappa shape index (κ3) is 4.15. The number of thiazole rings is 1. The SMILES string of the molecule is CC1Oc2ccc(-c3csc(NS(=O)(=O)CCN4C(=O)c5ccccc5C4=O)n3)cc2N(C)C1=O. The number of aromatic nitrogens is 1. The highest BCUT2D eigenvalue weighted by Gasteiger charge is 2.35. The normalized spacial score (nSPS) is 17.3. The third-order valence-electron chi connectivity index (χ3n) is 5.81. The first-order chi connectivity index (χ1) is 16.6. The average Bonchev–Trinajstić information content (AvgIpc) is 3.38. The van der Waals surface area contributed by atoms with E-state index in [9.17, 15) is 22.8 Å². The van der Waals surface area contributed by atoms with E-state index < -0.39 is 33.7 Å². The highest BCUT2D eigenvalue weighted by molar-refractivity contribution is 7.92. The Labute approximate surface area is 205 Å². The number of ether oxygens (including phenoxy) is 1. The van der Waals surface area contributed by atoms with Crippen LogP contribution in [0.3, 0.4) is 0 Å². The minimum atomic E-state index is -3.88. The molecule has 0 fully saturated rings. The molecule has 3 aromatic rings. The van der Waals surface area contributed by atoms with Crippen LogP contribution in [0.25, 0.3) is 11.3 Å². The van der Waals surface area contributed by atoms with Crippen molar-refractivity contribution in [1.29, 1.82) is 0 Å². The van der Waals surface area contributed by atoms with Crippen LogP contribution in [0.15, 0.2) is 47.8 Å². The lowest BCUT2D eigenvalue weighted by Crippen LogP contribution is -2.41. The Kier molecular flexibility index (Phi) is 5.56. The number of anilines is 2. The molecular formula is C23H20N4O6S2. The zero-order valence-electron chi connectivity index (χ0n) is 18.7. The molecule has 10 nitrogen and oxygen atoms in total. The van der Waals surface area contributed by atoms with Crippen LogP contribution in [-0.2, 0) is 14.8 Å². The third-order valence-corrected chi connectivity index (χ3v) is 7.92. The Morgan fingerprint density at radius 3 is 2.46 bits per heavy atom. The number of hydrogen-bond acceptors (Lipinski definition) is 8. The second-order valence-corrected chi connectivity index (χ2v) is 10.8.